The Hall–Kier alpha value is -0.130. The third kappa shape index (κ3) is 7.01. The summed E-state index contributed by atoms with van der Waals surface area (Å²) in [7, 11) is -2.72. The molecule has 0 amide bonds. The third-order valence-corrected chi connectivity index (χ3v) is 4.73. The number of unbranched alkanes of at least 4 members (excludes halogenated alkanes) is 1. The largest absolute Gasteiger partial charge is 0.379 e. The summed E-state index contributed by atoms with van der Waals surface area (Å²) in [4.78, 5) is 0. The van der Waals surface area contributed by atoms with E-state index >= 15 is 0 Å². The van der Waals surface area contributed by atoms with Crippen LogP contribution in [0, 0.1) is 0 Å². The fourth-order valence-electron chi connectivity index (χ4n) is 1.95. The second-order valence-corrected chi connectivity index (χ2v) is 7.31. The van der Waals surface area contributed by atoms with Crippen LogP contribution >= 0.6 is 0 Å². The average Bonchev–Trinajstić information content (AvgIpc) is 2.25. The maximum Gasteiger partial charge on any atom is 0.150 e. The molecule has 17 heavy (non-hydrogen) atoms. The molecule has 0 aromatic carbocycles. The van der Waals surface area contributed by atoms with E-state index in [9.17, 15) is 8.42 Å². The molecule has 0 spiro atoms. The van der Waals surface area contributed by atoms with E-state index in [0.717, 1.165) is 38.8 Å². The van der Waals surface area contributed by atoms with E-state index in [0.29, 0.717) is 23.7 Å². The van der Waals surface area contributed by atoms with Crippen molar-refractivity contribution in [3.63, 3.8) is 0 Å². The fraction of sp³-hybridized carbons (Fsp3) is 1.00. The lowest BCUT2D eigenvalue weighted by molar-refractivity contribution is 0.0759. The molecule has 0 radical (unpaired) electrons. The number of hydrogen-bond donors (Lipinski definition) is 1. The van der Waals surface area contributed by atoms with Gasteiger partial charge in [-0.1, -0.05) is 0 Å². The van der Waals surface area contributed by atoms with Crippen LogP contribution in [0.4, 0.5) is 0 Å². The highest BCUT2D eigenvalue weighted by Gasteiger charge is 2.22. The van der Waals surface area contributed by atoms with Crippen LogP contribution in [0.1, 0.15) is 39.5 Å². The van der Waals surface area contributed by atoms with Crippen molar-refractivity contribution in [1.82, 2.24) is 5.32 Å². The van der Waals surface area contributed by atoms with Crippen molar-refractivity contribution in [3.05, 3.63) is 0 Å². The fourth-order valence-corrected chi connectivity index (χ4v) is 3.44. The molecule has 1 aliphatic heterocycles. The first-order chi connectivity index (χ1) is 7.99. The molecule has 0 aromatic rings. The standard InChI is InChI=1S/C12H25NO3S/c1-11(2)16-8-4-3-7-13-12-5-9-17(14,15)10-6-12/h11-13H,3-10H2,1-2H3. The van der Waals surface area contributed by atoms with Crippen molar-refractivity contribution < 1.29 is 13.2 Å². The van der Waals surface area contributed by atoms with Gasteiger partial charge in [0.15, 0.2) is 0 Å². The first kappa shape index (κ1) is 14.9. The highest BCUT2D eigenvalue weighted by Crippen LogP contribution is 2.12. The van der Waals surface area contributed by atoms with Gasteiger partial charge < -0.3 is 10.1 Å². The summed E-state index contributed by atoms with van der Waals surface area (Å²) in [5.41, 5.74) is 0. The van der Waals surface area contributed by atoms with Crippen molar-refractivity contribution in [2.45, 2.75) is 51.7 Å². The Morgan fingerprint density at radius 2 is 1.88 bits per heavy atom. The van der Waals surface area contributed by atoms with Crippen LogP contribution in [0.15, 0.2) is 0 Å². The summed E-state index contributed by atoms with van der Waals surface area (Å²) in [6, 6.07) is 0.393. The molecule has 0 aromatic heterocycles. The lowest BCUT2D eigenvalue weighted by Gasteiger charge is -2.23. The molecule has 1 aliphatic rings. The Labute approximate surface area is 105 Å². The molecule has 5 heteroatoms. The molecule has 4 nitrogen and oxygen atoms in total. The van der Waals surface area contributed by atoms with Gasteiger partial charge in [-0.25, -0.2) is 8.42 Å². The minimum atomic E-state index is -2.72. The molecule has 1 rings (SSSR count). The quantitative estimate of drug-likeness (QED) is 0.705. The van der Waals surface area contributed by atoms with Crippen LogP contribution in [0.5, 0.6) is 0 Å². The zero-order valence-electron chi connectivity index (χ0n) is 10.9. The van der Waals surface area contributed by atoms with Gasteiger partial charge in [-0.15, -0.1) is 0 Å². The van der Waals surface area contributed by atoms with E-state index < -0.39 is 9.84 Å². The predicted molar refractivity (Wildman–Crippen MR) is 70.0 cm³/mol. The van der Waals surface area contributed by atoms with E-state index in [1.807, 2.05) is 13.8 Å². The van der Waals surface area contributed by atoms with Gasteiger partial charge in [-0.05, 0) is 46.1 Å². The monoisotopic (exact) mass is 263 g/mol. The highest BCUT2D eigenvalue weighted by molar-refractivity contribution is 7.91. The van der Waals surface area contributed by atoms with Crippen molar-refractivity contribution in [1.29, 1.82) is 0 Å². The molecule has 0 bridgehead atoms. The van der Waals surface area contributed by atoms with Crippen LogP contribution in [0.3, 0.4) is 0 Å². The zero-order valence-corrected chi connectivity index (χ0v) is 11.8. The lowest BCUT2D eigenvalue weighted by Crippen LogP contribution is -2.37. The van der Waals surface area contributed by atoms with Gasteiger partial charge in [-0.3, -0.25) is 0 Å². The summed E-state index contributed by atoms with van der Waals surface area (Å²) < 4.78 is 27.9. The SMILES string of the molecule is CC(C)OCCCCNC1CCS(=O)(=O)CC1. The van der Waals surface area contributed by atoms with E-state index in [1.54, 1.807) is 0 Å². The van der Waals surface area contributed by atoms with Gasteiger partial charge in [0, 0.05) is 12.6 Å². The first-order valence-corrected chi connectivity index (χ1v) is 8.37. The van der Waals surface area contributed by atoms with Gasteiger partial charge in [0.25, 0.3) is 0 Å². The summed E-state index contributed by atoms with van der Waals surface area (Å²) in [6.45, 7) is 5.87. The van der Waals surface area contributed by atoms with Crippen molar-refractivity contribution in [2.24, 2.45) is 0 Å². The van der Waals surface area contributed by atoms with E-state index in [4.69, 9.17) is 4.74 Å². The normalized spacial score (nSPS) is 20.9. The summed E-state index contributed by atoms with van der Waals surface area (Å²) in [6.07, 6.45) is 4.01. The second kappa shape index (κ2) is 7.34. The third-order valence-electron chi connectivity index (χ3n) is 3.01. The van der Waals surface area contributed by atoms with Gasteiger partial charge in [-0.2, -0.15) is 0 Å². The lowest BCUT2D eigenvalue weighted by atomic mass is 10.1. The van der Waals surface area contributed by atoms with E-state index in [2.05, 4.69) is 5.32 Å². The molecule has 1 saturated heterocycles. The van der Waals surface area contributed by atoms with Crippen LogP contribution in [0.25, 0.3) is 0 Å². The Morgan fingerprint density at radius 3 is 2.47 bits per heavy atom. The number of ether oxygens (including phenoxy) is 1. The molecule has 1 heterocycles. The van der Waals surface area contributed by atoms with E-state index in [-0.39, 0.29) is 0 Å². The molecular weight excluding hydrogens is 238 g/mol. The van der Waals surface area contributed by atoms with Crippen LogP contribution in [0.2, 0.25) is 0 Å². The maximum atomic E-state index is 11.2. The number of sulfone groups is 1. The minimum absolute atomic E-state index is 0.312. The Morgan fingerprint density at radius 1 is 1.24 bits per heavy atom. The summed E-state index contributed by atoms with van der Waals surface area (Å²) in [5, 5.41) is 3.43. The molecule has 0 saturated carbocycles. The van der Waals surface area contributed by atoms with Crippen molar-refractivity contribution in [3.8, 4) is 0 Å². The smallest absolute Gasteiger partial charge is 0.150 e. The first-order valence-electron chi connectivity index (χ1n) is 6.55. The molecule has 102 valence electrons. The minimum Gasteiger partial charge on any atom is -0.379 e. The zero-order chi connectivity index (χ0) is 12.7. The van der Waals surface area contributed by atoms with Gasteiger partial charge in [0.05, 0.1) is 17.6 Å². The summed E-state index contributed by atoms with van der Waals surface area (Å²) in [5.74, 6) is 0.697. The molecule has 0 aliphatic carbocycles. The molecule has 1 N–H and O–H groups in total. The highest BCUT2D eigenvalue weighted by atomic mass is 32.2. The molecule has 0 unspecified atom stereocenters. The molecular formula is C12H25NO3S. The number of hydrogen-bond acceptors (Lipinski definition) is 4. The van der Waals surface area contributed by atoms with Crippen molar-refractivity contribution >= 4 is 9.84 Å². The topological polar surface area (TPSA) is 55.4 Å². The van der Waals surface area contributed by atoms with Gasteiger partial charge in [0.2, 0.25) is 0 Å². The van der Waals surface area contributed by atoms with Crippen LogP contribution < -0.4 is 5.32 Å². The number of rotatable bonds is 7. The molecule has 0 atom stereocenters. The Bertz CT molecular complexity index is 287. The van der Waals surface area contributed by atoms with Gasteiger partial charge >= 0.3 is 0 Å². The van der Waals surface area contributed by atoms with E-state index in [1.165, 1.54) is 0 Å². The maximum absolute atomic E-state index is 11.2. The Kier molecular flexibility index (Phi) is 6.44. The van der Waals surface area contributed by atoms with Gasteiger partial charge in [0.1, 0.15) is 9.84 Å². The predicted octanol–water partition coefficient (Wildman–Crippen LogP) is 1.36. The second-order valence-electron chi connectivity index (χ2n) is 5.01. The Balaban J connectivity index is 1.97. The van der Waals surface area contributed by atoms with Crippen molar-refractivity contribution in [2.75, 3.05) is 24.7 Å². The average molecular weight is 263 g/mol. The number of nitrogens with one attached hydrogen (secondary N) is 1. The summed E-state index contributed by atoms with van der Waals surface area (Å²) >= 11 is 0. The van der Waals surface area contributed by atoms with Crippen LogP contribution in [-0.2, 0) is 14.6 Å². The van der Waals surface area contributed by atoms with Crippen LogP contribution in [-0.4, -0.2) is 45.2 Å². The molecule has 1 fully saturated rings.